The van der Waals surface area contributed by atoms with Gasteiger partial charge in [0.05, 0.1) is 17.6 Å². The molecular weight excluding hydrogens is 460 g/mol. The van der Waals surface area contributed by atoms with Crippen LogP contribution in [0.1, 0.15) is 27.2 Å². The van der Waals surface area contributed by atoms with Gasteiger partial charge >= 0.3 is 0 Å². The van der Waals surface area contributed by atoms with Crippen molar-refractivity contribution >= 4 is 34.2 Å². The second kappa shape index (κ2) is 9.55. The number of halogens is 1. The minimum atomic E-state index is -0.118. The van der Waals surface area contributed by atoms with Crippen molar-refractivity contribution in [3.8, 4) is 0 Å². The number of hydrogen-bond donors (Lipinski definition) is 0. The maximum atomic E-state index is 13.3. The van der Waals surface area contributed by atoms with Gasteiger partial charge in [-0.3, -0.25) is 9.59 Å². The molecule has 0 aliphatic carbocycles. The van der Waals surface area contributed by atoms with Crippen LogP contribution in [0.15, 0.2) is 71.5 Å². The number of carbonyl (C=O) groups excluding carboxylic acids is 1. The first-order valence-electron chi connectivity index (χ1n) is 11.8. The van der Waals surface area contributed by atoms with Crippen molar-refractivity contribution in [1.82, 2.24) is 14.5 Å². The number of aryl methyl sites for hydroxylation is 2. The first-order chi connectivity index (χ1) is 16.9. The monoisotopic (exact) mass is 486 g/mol. The lowest BCUT2D eigenvalue weighted by Crippen LogP contribution is -2.49. The van der Waals surface area contributed by atoms with E-state index in [1.165, 1.54) is 5.56 Å². The second-order valence-electron chi connectivity index (χ2n) is 8.99. The summed E-state index contributed by atoms with van der Waals surface area (Å²) in [6.45, 7) is 6.99. The highest BCUT2D eigenvalue weighted by atomic mass is 35.5. The Kier molecular flexibility index (Phi) is 6.31. The molecule has 2 heterocycles. The number of aromatic nitrogens is 2. The molecule has 35 heavy (non-hydrogen) atoms. The SMILES string of the molecule is Cc1ccc(Cl)cc1N1CCN(C(=O)c2ccc3c(c2)nc(C)c(=O)n3Cc2ccccc2)CC1. The number of fused-ring (bicyclic) bond motifs is 1. The van der Waals surface area contributed by atoms with Gasteiger partial charge < -0.3 is 14.4 Å². The van der Waals surface area contributed by atoms with E-state index in [1.807, 2.05) is 59.5 Å². The van der Waals surface area contributed by atoms with Gasteiger partial charge in [0, 0.05) is 42.5 Å². The standard InChI is InChI=1S/C28H27ClN4O2/c1-19-8-10-23(29)17-26(19)31-12-14-32(15-13-31)28(35)22-9-11-25-24(16-22)30-20(2)27(34)33(25)18-21-6-4-3-5-7-21/h3-11,16-17H,12-15,18H2,1-2H3. The normalized spacial score (nSPS) is 13.9. The molecule has 1 amide bonds. The second-order valence-corrected chi connectivity index (χ2v) is 9.42. The lowest BCUT2D eigenvalue weighted by Gasteiger charge is -2.37. The Morgan fingerprint density at radius 1 is 0.943 bits per heavy atom. The summed E-state index contributed by atoms with van der Waals surface area (Å²) in [5.41, 5.74) is 5.59. The molecular formula is C28H27ClN4O2. The topological polar surface area (TPSA) is 58.4 Å². The van der Waals surface area contributed by atoms with Gasteiger partial charge in [0.25, 0.3) is 11.5 Å². The van der Waals surface area contributed by atoms with Crippen LogP contribution in [0.25, 0.3) is 11.0 Å². The average molecular weight is 487 g/mol. The Labute approximate surface area is 209 Å². The van der Waals surface area contributed by atoms with Crippen LogP contribution >= 0.6 is 11.6 Å². The average Bonchev–Trinajstić information content (AvgIpc) is 2.88. The van der Waals surface area contributed by atoms with E-state index in [-0.39, 0.29) is 11.5 Å². The zero-order valence-electron chi connectivity index (χ0n) is 19.9. The van der Waals surface area contributed by atoms with Crippen LogP contribution in [0.4, 0.5) is 5.69 Å². The number of benzene rings is 3. The Bertz CT molecular complexity index is 1460. The minimum Gasteiger partial charge on any atom is -0.368 e. The van der Waals surface area contributed by atoms with Crippen LogP contribution < -0.4 is 10.5 Å². The summed E-state index contributed by atoms with van der Waals surface area (Å²) < 4.78 is 1.73. The molecule has 4 aromatic rings. The predicted octanol–water partition coefficient (Wildman–Crippen LogP) is 4.68. The molecule has 3 aromatic carbocycles. The zero-order chi connectivity index (χ0) is 24.5. The summed E-state index contributed by atoms with van der Waals surface area (Å²) >= 11 is 6.20. The highest BCUT2D eigenvalue weighted by Crippen LogP contribution is 2.26. The van der Waals surface area contributed by atoms with Crippen LogP contribution in [-0.2, 0) is 6.54 Å². The molecule has 7 heteroatoms. The zero-order valence-corrected chi connectivity index (χ0v) is 20.6. The molecule has 5 rings (SSSR count). The van der Waals surface area contributed by atoms with Gasteiger partial charge in [-0.05, 0) is 55.3 Å². The minimum absolute atomic E-state index is 0.0189. The van der Waals surface area contributed by atoms with Gasteiger partial charge in [0.15, 0.2) is 0 Å². The van der Waals surface area contributed by atoms with Gasteiger partial charge in [-0.25, -0.2) is 4.98 Å². The van der Waals surface area contributed by atoms with Crippen LogP contribution in [-0.4, -0.2) is 46.5 Å². The number of hydrogen-bond acceptors (Lipinski definition) is 4. The van der Waals surface area contributed by atoms with Gasteiger partial charge in [0.1, 0.15) is 5.69 Å². The van der Waals surface area contributed by atoms with Crippen molar-refractivity contribution in [1.29, 1.82) is 0 Å². The molecule has 0 bridgehead atoms. The van der Waals surface area contributed by atoms with Gasteiger partial charge in [-0.1, -0.05) is 48.0 Å². The Morgan fingerprint density at radius 2 is 1.69 bits per heavy atom. The molecule has 0 radical (unpaired) electrons. The number of anilines is 1. The molecule has 0 unspecified atom stereocenters. The molecule has 1 saturated heterocycles. The molecule has 0 saturated carbocycles. The molecule has 1 fully saturated rings. The van der Waals surface area contributed by atoms with Crippen molar-refractivity contribution < 1.29 is 4.79 Å². The van der Waals surface area contributed by atoms with Gasteiger partial charge in [-0.15, -0.1) is 0 Å². The predicted molar refractivity (Wildman–Crippen MR) is 141 cm³/mol. The summed E-state index contributed by atoms with van der Waals surface area (Å²) in [5, 5.41) is 0.716. The van der Waals surface area contributed by atoms with Gasteiger partial charge in [-0.2, -0.15) is 0 Å². The van der Waals surface area contributed by atoms with Crippen molar-refractivity contribution in [3.05, 3.63) is 104 Å². The third kappa shape index (κ3) is 4.66. The van der Waals surface area contributed by atoms with Gasteiger partial charge in [0.2, 0.25) is 0 Å². The molecule has 0 atom stereocenters. The first-order valence-corrected chi connectivity index (χ1v) is 12.1. The van der Waals surface area contributed by atoms with E-state index < -0.39 is 0 Å². The highest BCUT2D eigenvalue weighted by molar-refractivity contribution is 6.30. The van der Waals surface area contributed by atoms with E-state index in [9.17, 15) is 9.59 Å². The third-order valence-corrected chi connectivity index (χ3v) is 6.85. The summed E-state index contributed by atoms with van der Waals surface area (Å²) in [6, 6.07) is 21.2. The number of carbonyl (C=O) groups is 1. The van der Waals surface area contributed by atoms with Crippen molar-refractivity contribution in [2.24, 2.45) is 0 Å². The Hall–Kier alpha value is -3.64. The lowest BCUT2D eigenvalue weighted by molar-refractivity contribution is 0.0747. The highest BCUT2D eigenvalue weighted by Gasteiger charge is 2.24. The summed E-state index contributed by atoms with van der Waals surface area (Å²) in [7, 11) is 0. The summed E-state index contributed by atoms with van der Waals surface area (Å²) in [4.78, 5) is 34.8. The molecule has 178 valence electrons. The van der Waals surface area contributed by atoms with Crippen molar-refractivity contribution in [3.63, 3.8) is 0 Å². The fourth-order valence-corrected chi connectivity index (χ4v) is 4.85. The van der Waals surface area contributed by atoms with E-state index >= 15 is 0 Å². The van der Waals surface area contributed by atoms with E-state index in [2.05, 4.69) is 16.8 Å². The van der Waals surface area contributed by atoms with E-state index in [1.54, 1.807) is 23.6 Å². The first kappa shape index (κ1) is 23.1. The summed E-state index contributed by atoms with van der Waals surface area (Å²) in [5.74, 6) is -0.0189. The maximum Gasteiger partial charge on any atom is 0.272 e. The van der Waals surface area contributed by atoms with Crippen LogP contribution in [0, 0.1) is 13.8 Å². The van der Waals surface area contributed by atoms with Crippen LogP contribution in [0.2, 0.25) is 5.02 Å². The van der Waals surface area contributed by atoms with Crippen LogP contribution in [0.3, 0.4) is 0 Å². The fourth-order valence-electron chi connectivity index (χ4n) is 4.69. The molecule has 0 N–H and O–H groups in total. The number of nitrogens with zero attached hydrogens (tertiary/aromatic N) is 4. The van der Waals surface area contributed by atoms with Crippen molar-refractivity contribution in [2.45, 2.75) is 20.4 Å². The quantitative estimate of drug-likeness (QED) is 0.420. The largest absolute Gasteiger partial charge is 0.368 e. The number of amides is 1. The third-order valence-electron chi connectivity index (χ3n) is 6.62. The number of piperazine rings is 1. The molecule has 0 spiro atoms. The van der Waals surface area contributed by atoms with E-state index in [0.29, 0.717) is 41.4 Å². The molecule has 1 aliphatic heterocycles. The van der Waals surface area contributed by atoms with Crippen molar-refractivity contribution in [2.75, 3.05) is 31.1 Å². The Morgan fingerprint density at radius 3 is 2.43 bits per heavy atom. The number of rotatable bonds is 4. The van der Waals surface area contributed by atoms with Crippen LogP contribution in [0.5, 0.6) is 0 Å². The van der Waals surface area contributed by atoms with E-state index in [4.69, 9.17) is 11.6 Å². The van der Waals surface area contributed by atoms with E-state index in [0.717, 1.165) is 29.9 Å². The molecule has 1 aromatic heterocycles. The molecule has 1 aliphatic rings. The summed E-state index contributed by atoms with van der Waals surface area (Å²) in [6.07, 6.45) is 0. The maximum absolute atomic E-state index is 13.3. The lowest BCUT2D eigenvalue weighted by atomic mass is 10.1. The Balaban J connectivity index is 1.38. The molecule has 6 nitrogen and oxygen atoms in total. The smallest absolute Gasteiger partial charge is 0.272 e. The fraction of sp³-hybridized carbons (Fsp3) is 0.250.